The van der Waals surface area contributed by atoms with Crippen molar-refractivity contribution in [2.45, 2.75) is 31.1 Å². The average molecular weight is 389 g/mol. The summed E-state index contributed by atoms with van der Waals surface area (Å²) in [5, 5.41) is 9.14. The quantitative estimate of drug-likeness (QED) is 0.787. The number of hydrogen-bond acceptors (Lipinski definition) is 5. The molecule has 1 fully saturated rings. The molecule has 1 saturated heterocycles. The zero-order valence-electron chi connectivity index (χ0n) is 14.3. The second kappa shape index (κ2) is 7.43. The van der Waals surface area contributed by atoms with Gasteiger partial charge in [-0.1, -0.05) is 13.0 Å². The minimum absolute atomic E-state index is 0.00472. The number of rotatable bonds is 6. The van der Waals surface area contributed by atoms with E-state index in [1.54, 1.807) is 6.92 Å². The van der Waals surface area contributed by atoms with Gasteiger partial charge in [-0.2, -0.15) is 4.31 Å². The first-order chi connectivity index (χ1) is 11.5. The third kappa shape index (κ3) is 4.80. The Morgan fingerprint density at radius 1 is 1.28 bits per heavy atom. The van der Waals surface area contributed by atoms with E-state index < -0.39 is 25.8 Å². The number of sulfone groups is 1. The fourth-order valence-electron chi connectivity index (χ4n) is 3.17. The molecular weight excluding hydrogens is 366 g/mol. The van der Waals surface area contributed by atoms with Crippen molar-refractivity contribution >= 4 is 25.8 Å². The Morgan fingerprint density at radius 3 is 2.52 bits per heavy atom. The highest BCUT2D eigenvalue weighted by Crippen LogP contribution is 2.27. The summed E-state index contributed by atoms with van der Waals surface area (Å²) in [6, 6.07) is 4.10. The number of hydrogen-bond donors (Lipinski definition) is 1. The predicted octanol–water partition coefficient (Wildman–Crippen LogP) is 1.39. The van der Waals surface area contributed by atoms with Gasteiger partial charge in [0.2, 0.25) is 10.0 Å². The maximum absolute atomic E-state index is 13.0. The summed E-state index contributed by atoms with van der Waals surface area (Å²) in [7, 11) is -7.06. The van der Waals surface area contributed by atoms with Crippen molar-refractivity contribution in [3.05, 3.63) is 29.3 Å². The third-order valence-electron chi connectivity index (χ3n) is 4.33. The first kappa shape index (κ1) is 19.9. The van der Waals surface area contributed by atoms with Gasteiger partial charge in [-0.05, 0) is 42.9 Å². The molecule has 0 aromatic heterocycles. The van der Waals surface area contributed by atoms with Crippen molar-refractivity contribution in [1.82, 2.24) is 4.31 Å². The molecule has 1 aromatic carbocycles. The molecule has 1 aliphatic heterocycles. The molecule has 2 rings (SSSR count). The summed E-state index contributed by atoms with van der Waals surface area (Å²) in [5.41, 5.74) is 0.468. The van der Waals surface area contributed by atoms with E-state index in [9.17, 15) is 21.6 Å². The van der Waals surface area contributed by atoms with Crippen LogP contribution in [0.25, 0.3) is 0 Å². The molecule has 0 radical (unpaired) electrons. The van der Waals surface area contributed by atoms with Crippen molar-refractivity contribution in [1.29, 1.82) is 0 Å². The van der Waals surface area contributed by atoms with Crippen molar-refractivity contribution < 1.29 is 26.7 Å². The molecule has 0 aliphatic carbocycles. The normalized spacial score (nSPS) is 19.7. The Kier molecular flexibility index (Phi) is 5.90. The zero-order chi connectivity index (χ0) is 18.8. The molecule has 1 N–H and O–H groups in total. The molecule has 1 atom stereocenters. The largest absolute Gasteiger partial charge is 0.478 e. The van der Waals surface area contributed by atoms with Crippen molar-refractivity contribution in [2.75, 3.05) is 25.1 Å². The van der Waals surface area contributed by atoms with Crippen LogP contribution in [0, 0.1) is 5.92 Å². The first-order valence-corrected chi connectivity index (χ1v) is 11.6. The summed E-state index contributed by atoms with van der Waals surface area (Å²) >= 11 is 0. The molecule has 9 heteroatoms. The molecule has 0 saturated carbocycles. The van der Waals surface area contributed by atoms with Crippen LogP contribution in [0.3, 0.4) is 0 Å². The zero-order valence-corrected chi connectivity index (χ0v) is 15.9. The van der Waals surface area contributed by atoms with Crippen LogP contribution in [0.1, 0.15) is 35.7 Å². The van der Waals surface area contributed by atoms with Crippen LogP contribution in [0.2, 0.25) is 0 Å². The number of benzene rings is 1. The Hall–Kier alpha value is -1.45. The lowest BCUT2D eigenvalue weighted by Crippen LogP contribution is -2.42. The lowest BCUT2D eigenvalue weighted by atomic mass is 10.0. The lowest BCUT2D eigenvalue weighted by Gasteiger charge is -2.32. The number of aromatic carboxylic acids is 1. The standard InChI is InChI=1S/C16H23NO6S2/c1-3-13-6-7-14(16(18)19)9-15(13)25(22,23)17-8-4-5-12(10-17)11-24(2,20)21/h6-7,9,12H,3-5,8,10-11H2,1-2H3,(H,18,19). The molecular formula is C16H23NO6S2. The van der Waals surface area contributed by atoms with E-state index >= 15 is 0 Å². The fraction of sp³-hybridized carbons (Fsp3) is 0.562. The van der Waals surface area contributed by atoms with Crippen molar-refractivity contribution in [2.24, 2.45) is 5.92 Å². The van der Waals surface area contributed by atoms with E-state index in [1.807, 2.05) is 0 Å². The van der Waals surface area contributed by atoms with Gasteiger partial charge in [-0.15, -0.1) is 0 Å². The van der Waals surface area contributed by atoms with Crippen molar-refractivity contribution in [3.8, 4) is 0 Å². The monoisotopic (exact) mass is 389 g/mol. The van der Waals surface area contributed by atoms with Gasteiger partial charge in [0.25, 0.3) is 0 Å². The van der Waals surface area contributed by atoms with Crippen LogP contribution in [-0.2, 0) is 26.3 Å². The number of piperidine rings is 1. The number of carboxylic acids is 1. The van der Waals surface area contributed by atoms with E-state index in [2.05, 4.69) is 0 Å². The molecule has 0 bridgehead atoms. The lowest BCUT2D eigenvalue weighted by molar-refractivity contribution is 0.0696. The Morgan fingerprint density at radius 2 is 1.96 bits per heavy atom. The molecule has 25 heavy (non-hydrogen) atoms. The van der Waals surface area contributed by atoms with Crippen LogP contribution in [-0.4, -0.2) is 57.3 Å². The van der Waals surface area contributed by atoms with Gasteiger partial charge in [0, 0.05) is 19.3 Å². The van der Waals surface area contributed by atoms with Crippen LogP contribution in [0.5, 0.6) is 0 Å². The van der Waals surface area contributed by atoms with E-state index in [-0.39, 0.29) is 28.7 Å². The van der Waals surface area contributed by atoms with E-state index in [4.69, 9.17) is 5.11 Å². The van der Waals surface area contributed by atoms with Crippen molar-refractivity contribution in [3.63, 3.8) is 0 Å². The highest BCUT2D eigenvalue weighted by atomic mass is 32.2. The SMILES string of the molecule is CCc1ccc(C(=O)O)cc1S(=O)(=O)N1CCCC(CS(C)(=O)=O)C1. The van der Waals surface area contributed by atoms with Gasteiger partial charge in [0.15, 0.2) is 0 Å². The Balaban J connectivity index is 2.37. The van der Waals surface area contributed by atoms with Crippen LogP contribution >= 0.6 is 0 Å². The molecule has 1 unspecified atom stereocenters. The summed E-state index contributed by atoms with van der Waals surface area (Å²) in [6.45, 7) is 2.25. The fourth-order valence-corrected chi connectivity index (χ4v) is 6.17. The van der Waals surface area contributed by atoms with Gasteiger partial charge in [-0.3, -0.25) is 0 Å². The smallest absolute Gasteiger partial charge is 0.335 e. The predicted molar refractivity (Wildman–Crippen MR) is 94.0 cm³/mol. The number of sulfonamides is 1. The molecule has 0 amide bonds. The highest BCUT2D eigenvalue weighted by molar-refractivity contribution is 7.90. The van der Waals surface area contributed by atoms with Gasteiger partial charge >= 0.3 is 5.97 Å². The van der Waals surface area contributed by atoms with Gasteiger partial charge < -0.3 is 5.11 Å². The van der Waals surface area contributed by atoms with Gasteiger partial charge in [0.1, 0.15) is 9.84 Å². The molecule has 0 spiro atoms. The van der Waals surface area contributed by atoms with Crippen LogP contribution in [0.4, 0.5) is 0 Å². The summed E-state index contributed by atoms with van der Waals surface area (Å²) in [4.78, 5) is 11.2. The minimum Gasteiger partial charge on any atom is -0.478 e. The highest BCUT2D eigenvalue weighted by Gasteiger charge is 2.33. The van der Waals surface area contributed by atoms with E-state index in [1.165, 1.54) is 22.5 Å². The molecule has 1 aromatic rings. The molecule has 140 valence electrons. The number of carbonyl (C=O) groups is 1. The minimum atomic E-state index is -3.87. The second-order valence-corrected chi connectivity index (χ2v) is 10.5. The maximum Gasteiger partial charge on any atom is 0.335 e. The van der Waals surface area contributed by atoms with E-state index in [0.717, 1.165) is 6.26 Å². The molecule has 1 aliphatic rings. The number of aryl methyl sites for hydroxylation is 1. The summed E-state index contributed by atoms with van der Waals surface area (Å²) in [5.74, 6) is -1.48. The van der Waals surface area contributed by atoms with E-state index in [0.29, 0.717) is 31.4 Å². The second-order valence-electron chi connectivity index (χ2n) is 6.44. The van der Waals surface area contributed by atoms with Gasteiger partial charge in [-0.25, -0.2) is 21.6 Å². The summed E-state index contributed by atoms with van der Waals surface area (Å²) in [6.07, 6.45) is 2.84. The summed E-state index contributed by atoms with van der Waals surface area (Å²) < 4.78 is 50.4. The molecule has 1 heterocycles. The number of nitrogens with zero attached hydrogens (tertiary/aromatic N) is 1. The maximum atomic E-state index is 13.0. The first-order valence-electron chi connectivity index (χ1n) is 8.08. The van der Waals surface area contributed by atoms with Crippen LogP contribution < -0.4 is 0 Å². The average Bonchev–Trinajstić information content (AvgIpc) is 2.52. The molecule has 7 nitrogen and oxygen atoms in total. The third-order valence-corrected chi connectivity index (χ3v) is 7.36. The Labute approximate surface area is 148 Å². The number of carboxylic acid groups (broad SMARTS) is 1. The van der Waals surface area contributed by atoms with Gasteiger partial charge in [0.05, 0.1) is 16.2 Å². The topological polar surface area (TPSA) is 109 Å². The van der Waals surface area contributed by atoms with Crippen LogP contribution in [0.15, 0.2) is 23.1 Å². The Bertz CT molecular complexity index is 861.